The largest absolute Gasteiger partial charge is 0.507 e. The minimum atomic E-state index is -0.716. The van der Waals surface area contributed by atoms with E-state index in [1.807, 2.05) is 0 Å². The molecule has 21 heavy (non-hydrogen) atoms. The van der Waals surface area contributed by atoms with E-state index in [2.05, 4.69) is 15.5 Å². The lowest BCUT2D eigenvalue weighted by molar-refractivity contribution is 0.0954. The van der Waals surface area contributed by atoms with E-state index >= 15 is 0 Å². The van der Waals surface area contributed by atoms with Crippen molar-refractivity contribution in [1.29, 1.82) is 0 Å². The summed E-state index contributed by atoms with van der Waals surface area (Å²) < 4.78 is 4.88. The van der Waals surface area contributed by atoms with Gasteiger partial charge in [-0.15, -0.1) is 0 Å². The number of amides is 1. The van der Waals surface area contributed by atoms with E-state index in [0.717, 1.165) is 0 Å². The fraction of sp³-hybridized carbons (Fsp3) is 0.143. The zero-order valence-electron chi connectivity index (χ0n) is 11.5. The van der Waals surface area contributed by atoms with Crippen LogP contribution in [0, 0.1) is 6.92 Å². The van der Waals surface area contributed by atoms with Crippen LogP contribution < -0.4 is 11.1 Å². The van der Waals surface area contributed by atoms with Crippen molar-refractivity contribution in [3.05, 3.63) is 57.9 Å². The van der Waals surface area contributed by atoms with Gasteiger partial charge in [0.1, 0.15) is 17.1 Å². The maximum atomic E-state index is 11.8. The molecular weight excluding hydrogens is 274 g/mol. The molecule has 0 radical (unpaired) electrons. The number of aromatic hydroxyl groups is 1. The third-order valence-corrected chi connectivity index (χ3v) is 2.68. The third-order valence-electron chi connectivity index (χ3n) is 2.68. The first-order chi connectivity index (χ1) is 9.99. The van der Waals surface area contributed by atoms with Gasteiger partial charge in [-0.25, -0.2) is 10.2 Å². The molecular formula is C14H13N3O4. The Morgan fingerprint density at radius 1 is 1.38 bits per heavy atom. The van der Waals surface area contributed by atoms with Gasteiger partial charge in [-0.3, -0.25) is 9.78 Å². The molecule has 108 valence electrons. The number of nitrogens with one attached hydrogen (secondary N) is 1. The van der Waals surface area contributed by atoms with Crippen LogP contribution in [0.5, 0.6) is 5.75 Å². The van der Waals surface area contributed by atoms with Crippen molar-refractivity contribution in [2.24, 2.45) is 5.10 Å². The van der Waals surface area contributed by atoms with Crippen molar-refractivity contribution in [2.45, 2.75) is 13.8 Å². The fourth-order valence-electron chi connectivity index (χ4n) is 1.69. The Morgan fingerprint density at radius 3 is 2.67 bits per heavy atom. The van der Waals surface area contributed by atoms with Crippen LogP contribution in [-0.4, -0.2) is 21.7 Å². The maximum absolute atomic E-state index is 11.8. The molecule has 2 aromatic rings. The Hall–Kier alpha value is -2.96. The summed E-state index contributed by atoms with van der Waals surface area (Å²) in [7, 11) is 0. The number of carbonyl (C=O) groups excluding carboxylic acids is 1. The van der Waals surface area contributed by atoms with Gasteiger partial charge in [0.25, 0.3) is 5.91 Å². The highest BCUT2D eigenvalue weighted by Gasteiger charge is 2.13. The molecule has 0 aliphatic rings. The molecule has 2 rings (SSSR count). The lowest BCUT2D eigenvalue weighted by Gasteiger charge is -2.04. The molecule has 7 heteroatoms. The summed E-state index contributed by atoms with van der Waals surface area (Å²) in [6.07, 6.45) is 2.96. The van der Waals surface area contributed by atoms with Gasteiger partial charge in [-0.05, 0) is 26.0 Å². The summed E-state index contributed by atoms with van der Waals surface area (Å²) in [5, 5.41) is 13.6. The average molecular weight is 287 g/mol. The molecule has 0 bridgehead atoms. The maximum Gasteiger partial charge on any atom is 0.348 e. The molecule has 0 saturated heterocycles. The zero-order valence-corrected chi connectivity index (χ0v) is 11.5. The van der Waals surface area contributed by atoms with Crippen LogP contribution >= 0.6 is 0 Å². The van der Waals surface area contributed by atoms with Crippen LogP contribution in [0.15, 0.2) is 44.9 Å². The molecule has 0 aliphatic carbocycles. The minimum absolute atomic E-state index is 0.0874. The predicted molar refractivity (Wildman–Crippen MR) is 75.3 cm³/mol. The SMILES string of the molecule is C/C(=N/NC(=O)c1ccncc1)c1c(O)cc(C)oc1=O. The van der Waals surface area contributed by atoms with Crippen LogP contribution in [0.2, 0.25) is 0 Å². The predicted octanol–water partition coefficient (Wildman–Crippen LogP) is 1.20. The number of hydrazone groups is 1. The number of aryl methyl sites for hydroxylation is 1. The average Bonchev–Trinajstić information content (AvgIpc) is 2.44. The summed E-state index contributed by atoms with van der Waals surface area (Å²) in [6, 6.07) is 4.36. The summed E-state index contributed by atoms with van der Waals surface area (Å²) >= 11 is 0. The standard InChI is InChI=1S/C14H13N3O4/c1-8-7-11(18)12(14(20)21-8)9(2)16-17-13(19)10-3-5-15-6-4-10/h3-7,18H,1-2H3,(H,17,19)/b16-9-. The number of carbonyl (C=O) groups is 1. The molecule has 7 nitrogen and oxygen atoms in total. The number of hydrogen-bond acceptors (Lipinski definition) is 6. The quantitative estimate of drug-likeness (QED) is 0.652. The monoisotopic (exact) mass is 287 g/mol. The first-order valence-corrected chi connectivity index (χ1v) is 6.08. The summed E-state index contributed by atoms with van der Waals surface area (Å²) in [5.74, 6) is -0.411. The van der Waals surface area contributed by atoms with Crippen molar-refractivity contribution in [3.8, 4) is 5.75 Å². The Balaban J connectivity index is 2.23. The molecule has 1 amide bonds. The zero-order chi connectivity index (χ0) is 15.4. The molecule has 0 spiro atoms. The van der Waals surface area contributed by atoms with E-state index in [1.54, 1.807) is 6.92 Å². The molecule has 2 aromatic heterocycles. The third kappa shape index (κ3) is 3.33. The molecule has 2 N–H and O–H groups in total. The van der Waals surface area contributed by atoms with E-state index in [-0.39, 0.29) is 22.8 Å². The van der Waals surface area contributed by atoms with Crippen LogP contribution in [0.1, 0.15) is 28.6 Å². The topological polar surface area (TPSA) is 105 Å². The highest BCUT2D eigenvalue weighted by molar-refractivity contribution is 6.02. The number of nitrogens with zero attached hydrogens (tertiary/aromatic N) is 2. The highest BCUT2D eigenvalue weighted by atomic mass is 16.4. The van der Waals surface area contributed by atoms with E-state index < -0.39 is 11.5 Å². The molecule has 0 atom stereocenters. The normalized spacial score (nSPS) is 11.2. The van der Waals surface area contributed by atoms with Crippen molar-refractivity contribution < 1.29 is 14.3 Å². The fourth-order valence-corrected chi connectivity index (χ4v) is 1.69. The first kappa shape index (κ1) is 14.4. The van der Waals surface area contributed by atoms with Crippen molar-refractivity contribution >= 4 is 11.6 Å². The van der Waals surface area contributed by atoms with E-state index in [0.29, 0.717) is 5.56 Å². The van der Waals surface area contributed by atoms with Crippen molar-refractivity contribution in [3.63, 3.8) is 0 Å². The molecule has 0 fully saturated rings. The van der Waals surface area contributed by atoms with Crippen molar-refractivity contribution in [2.75, 3.05) is 0 Å². The van der Waals surface area contributed by atoms with Gasteiger partial charge in [-0.1, -0.05) is 0 Å². The van der Waals surface area contributed by atoms with Gasteiger partial charge in [-0.2, -0.15) is 5.10 Å². The Labute approximate surface area is 120 Å². The molecule has 2 heterocycles. The lowest BCUT2D eigenvalue weighted by atomic mass is 10.2. The minimum Gasteiger partial charge on any atom is -0.507 e. The number of hydrogen-bond donors (Lipinski definition) is 2. The van der Waals surface area contributed by atoms with Gasteiger partial charge in [0.2, 0.25) is 0 Å². The summed E-state index contributed by atoms with van der Waals surface area (Å²) in [4.78, 5) is 27.3. The Bertz CT molecular complexity index is 751. The van der Waals surface area contributed by atoms with Gasteiger partial charge in [0.05, 0.1) is 5.71 Å². The summed E-state index contributed by atoms with van der Waals surface area (Å²) in [5.41, 5.74) is 2.01. The highest BCUT2D eigenvalue weighted by Crippen LogP contribution is 2.15. The van der Waals surface area contributed by atoms with Gasteiger partial charge in [0.15, 0.2) is 0 Å². The second kappa shape index (κ2) is 6.00. The van der Waals surface area contributed by atoms with E-state index in [4.69, 9.17) is 4.42 Å². The van der Waals surface area contributed by atoms with Crippen molar-refractivity contribution in [1.82, 2.24) is 10.4 Å². The van der Waals surface area contributed by atoms with Gasteiger partial charge >= 0.3 is 5.63 Å². The molecule has 0 unspecified atom stereocenters. The van der Waals surface area contributed by atoms with Crippen LogP contribution in [0.4, 0.5) is 0 Å². The van der Waals surface area contributed by atoms with Crippen LogP contribution in [0.25, 0.3) is 0 Å². The number of rotatable bonds is 3. The van der Waals surface area contributed by atoms with Crippen LogP contribution in [0.3, 0.4) is 0 Å². The number of aromatic nitrogens is 1. The Morgan fingerprint density at radius 2 is 2.05 bits per heavy atom. The number of pyridine rings is 1. The molecule has 0 aliphatic heterocycles. The lowest BCUT2D eigenvalue weighted by Crippen LogP contribution is -2.21. The second-order valence-corrected chi connectivity index (χ2v) is 4.28. The first-order valence-electron chi connectivity index (χ1n) is 6.08. The summed E-state index contributed by atoms with van der Waals surface area (Å²) in [6.45, 7) is 3.02. The second-order valence-electron chi connectivity index (χ2n) is 4.28. The van der Waals surface area contributed by atoms with Gasteiger partial charge in [0, 0.05) is 24.0 Å². The Kier molecular flexibility index (Phi) is 4.13. The van der Waals surface area contributed by atoms with E-state index in [9.17, 15) is 14.7 Å². The van der Waals surface area contributed by atoms with Gasteiger partial charge < -0.3 is 9.52 Å². The smallest absolute Gasteiger partial charge is 0.348 e. The molecule has 0 saturated carbocycles. The van der Waals surface area contributed by atoms with Crippen LogP contribution in [-0.2, 0) is 0 Å². The molecule has 0 aromatic carbocycles. The van der Waals surface area contributed by atoms with E-state index in [1.165, 1.54) is 37.5 Å².